The van der Waals surface area contributed by atoms with Crippen LogP contribution in [0, 0.1) is 0 Å². The molecule has 0 spiro atoms. The number of nitrogens with zero attached hydrogens (tertiary/aromatic N) is 3. The number of aromatic nitrogens is 1. The average molecular weight is 488 g/mol. The number of nitrogens with one attached hydrogen (secondary N) is 1. The number of rotatable bonds is 4. The van der Waals surface area contributed by atoms with Crippen molar-refractivity contribution in [3.63, 3.8) is 0 Å². The quantitative estimate of drug-likeness (QED) is 0.717. The standard InChI is InChI=1S/C18H20BrClN4O3S/c1-13(14-3-2-6-21-12-14)22-18(25)23-7-9-24(10-8-23)28(26,27)17-5-4-15(19)11-16(17)20/h2-6,11-13H,7-10H2,1H3,(H,22,25). The summed E-state index contributed by atoms with van der Waals surface area (Å²) in [5.41, 5.74) is 0.905. The van der Waals surface area contributed by atoms with Crippen molar-refractivity contribution in [3.05, 3.63) is 57.8 Å². The maximum atomic E-state index is 12.9. The summed E-state index contributed by atoms with van der Waals surface area (Å²) in [4.78, 5) is 18.2. The van der Waals surface area contributed by atoms with Gasteiger partial charge >= 0.3 is 6.03 Å². The Morgan fingerprint density at radius 2 is 1.96 bits per heavy atom. The monoisotopic (exact) mass is 486 g/mol. The number of benzene rings is 1. The molecule has 0 aliphatic carbocycles. The highest BCUT2D eigenvalue weighted by molar-refractivity contribution is 9.10. The third-order valence-electron chi connectivity index (χ3n) is 4.56. The van der Waals surface area contributed by atoms with E-state index in [1.165, 1.54) is 10.4 Å². The van der Waals surface area contributed by atoms with Crippen LogP contribution < -0.4 is 5.32 Å². The van der Waals surface area contributed by atoms with Gasteiger partial charge in [0.15, 0.2) is 0 Å². The molecule has 1 aromatic carbocycles. The summed E-state index contributed by atoms with van der Waals surface area (Å²) in [5.74, 6) is 0. The molecule has 2 aromatic rings. The topological polar surface area (TPSA) is 82.6 Å². The van der Waals surface area contributed by atoms with E-state index in [2.05, 4.69) is 26.2 Å². The number of pyridine rings is 1. The van der Waals surface area contributed by atoms with Crippen molar-refractivity contribution < 1.29 is 13.2 Å². The van der Waals surface area contributed by atoms with Crippen LogP contribution in [0.2, 0.25) is 5.02 Å². The van der Waals surface area contributed by atoms with Gasteiger partial charge in [-0.3, -0.25) is 4.98 Å². The number of sulfonamides is 1. The van der Waals surface area contributed by atoms with Crippen LogP contribution in [0.5, 0.6) is 0 Å². The summed E-state index contributed by atoms with van der Waals surface area (Å²) in [7, 11) is -3.71. The minimum Gasteiger partial charge on any atom is -0.331 e. The van der Waals surface area contributed by atoms with E-state index in [1.54, 1.807) is 29.4 Å². The summed E-state index contributed by atoms with van der Waals surface area (Å²) in [6.07, 6.45) is 3.38. The number of halogens is 2. The minimum absolute atomic E-state index is 0.0699. The normalized spacial score (nSPS) is 16.6. The van der Waals surface area contributed by atoms with E-state index in [0.717, 1.165) is 5.56 Å². The maximum Gasteiger partial charge on any atom is 0.317 e. The van der Waals surface area contributed by atoms with Gasteiger partial charge in [0.2, 0.25) is 10.0 Å². The lowest BCUT2D eigenvalue weighted by molar-refractivity contribution is 0.169. The summed E-state index contributed by atoms with van der Waals surface area (Å²) in [6.45, 7) is 2.91. The Hall–Kier alpha value is -1.68. The Kier molecular flexibility index (Phi) is 6.59. The molecule has 1 N–H and O–H groups in total. The van der Waals surface area contributed by atoms with Crippen molar-refractivity contribution in [1.82, 2.24) is 19.5 Å². The first kappa shape index (κ1) is 21.0. The third kappa shape index (κ3) is 4.65. The van der Waals surface area contributed by atoms with Crippen molar-refractivity contribution in [2.24, 2.45) is 0 Å². The maximum absolute atomic E-state index is 12.9. The summed E-state index contributed by atoms with van der Waals surface area (Å²) in [6, 6.07) is 7.97. The van der Waals surface area contributed by atoms with Crippen molar-refractivity contribution in [2.75, 3.05) is 26.2 Å². The molecule has 1 aliphatic rings. The molecule has 2 amide bonds. The first-order chi connectivity index (χ1) is 13.3. The minimum atomic E-state index is -3.71. The van der Waals surface area contributed by atoms with Gasteiger partial charge in [0.05, 0.1) is 11.1 Å². The van der Waals surface area contributed by atoms with Gasteiger partial charge in [-0.25, -0.2) is 13.2 Å². The molecule has 7 nitrogen and oxygen atoms in total. The number of amides is 2. The highest BCUT2D eigenvalue weighted by atomic mass is 79.9. The van der Waals surface area contributed by atoms with Crippen LogP contribution in [-0.4, -0.2) is 54.8 Å². The van der Waals surface area contributed by atoms with Crippen LogP contribution in [-0.2, 0) is 10.0 Å². The molecule has 10 heteroatoms. The van der Waals surface area contributed by atoms with Gasteiger partial charge in [0, 0.05) is 43.0 Å². The van der Waals surface area contributed by atoms with E-state index >= 15 is 0 Å². The van der Waals surface area contributed by atoms with E-state index in [9.17, 15) is 13.2 Å². The van der Waals surface area contributed by atoms with Gasteiger partial charge in [0.1, 0.15) is 4.90 Å². The number of carbonyl (C=O) groups excluding carboxylic acids is 1. The second kappa shape index (κ2) is 8.77. The van der Waals surface area contributed by atoms with Gasteiger partial charge in [-0.1, -0.05) is 33.6 Å². The number of hydrogen-bond donors (Lipinski definition) is 1. The zero-order valence-corrected chi connectivity index (χ0v) is 18.3. The summed E-state index contributed by atoms with van der Waals surface area (Å²) < 4.78 is 27.8. The second-order valence-electron chi connectivity index (χ2n) is 6.42. The van der Waals surface area contributed by atoms with Crippen molar-refractivity contribution in [2.45, 2.75) is 17.9 Å². The summed E-state index contributed by atoms with van der Waals surface area (Å²) in [5, 5.41) is 3.09. The molecular formula is C18H20BrClN4O3S. The molecule has 1 atom stereocenters. The van der Waals surface area contributed by atoms with Crippen LogP contribution in [0.25, 0.3) is 0 Å². The SMILES string of the molecule is CC(NC(=O)N1CCN(S(=O)(=O)c2ccc(Br)cc2Cl)CC1)c1cccnc1. The Labute approximate surface area is 177 Å². The highest BCUT2D eigenvalue weighted by Crippen LogP contribution is 2.28. The number of hydrogen-bond acceptors (Lipinski definition) is 4. The number of carbonyl (C=O) groups is 1. The Balaban J connectivity index is 1.61. The predicted octanol–water partition coefficient (Wildman–Crippen LogP) is 3.27. The van der Waals surface area contributed by atoms with Gasteiger partial charge < -0.3 is 10.2 Å². The molecule has 1 fully saturated rings. The lowest BCUT2D eigenvalue weighted by atomic mass is 10.1. The zero-order chi connectivity index (χ0) is 20.3. The van der Waals surface area contributed by atoms with Crippen molar-refractivity contribution >= 4 is 43.6 Å². The van der Waals surface area contributed by atoms with E-state index in [1.807, 2.05) is 19.1 Å². The summed E-state index contributed by atoms with van der Waals surface area (Å²) >= 11 is 9.38. The van der Waals surface area contributed by atoms with Crippen LogP contribution in [0.15, 0.2) is 52.1 Å². The van der Waals surface area contributed by atoms with Gasteiger partial charge in [-0.05, 0) is 36.8 Å². The fourth-order valence-electron chi connectivity index (χ4n) is 2.95. The second-order valence-corrected chi connectivity index (χ2v) is 9.65. The molecule has 1 saturated heterocycles. The molecule has 2 heterocycles. The largest absolute Gasteiger partial charge is 0.331 e. The molecule has 3 rings (SSSR count). The lowest BCUT2D eigenvalue weighted by Gasteiger charge is -2.34. The molecule has 28 heavy (non-hydrogen) atoms. The third-order valence-corrected chi connectivity index (χ3v) is 7.44. The van der Waals surface area contributed by atoms with Crippen molar-refractivity contribution in [1.29, 1.82) is 0 Å². The fraction of sp³-hybridized carbons (Fsp3) is 0.333. The first-order valence-corrected chi connectivity index (χ1v) is 11.3. The smallest absolute Gasteiger partial charge is 0.317 e. The predicted molar refractivity (Wildman–Crippen MR) is 111 cm³/mol. The van der Waals surface area contributed by atoms with Crippen LogP contribution >= 0.6 is 27.5 Å². The van der Waals surface area contributed by atoms with E-state index in [-0.39, 0.29) is 35.1 Å². The fourth-order valence-corrected chi connectivity index (χ4v) is 5.38. The van der Waals surface area contributed by atoms with E-state index < -0.39 is 10.0 Å². The number of piperazine rings is 1. The molecule has 150 valence electrons. The Morgan fingerprint density at radius 1 is 1.25 bits per heavy atom. The Bertz CT molecular complexity index is 951. The van der Waals surface area contributed by atoms with E-state index in [4.69, 9.17) is 11.6 Å². The molecule has 1 unspecified atom stereocenters. The number of urea groups is 1. The molecule has 1 aromatic heterocycles. The molecule has 1 aliphatic heterocycles. The Morgan fingerprint density at radius 3 is 2.57 bits per heavy atom. The lowest BCUT2D eigenvalue weighted by Crippen LogP contribution is -2.53. The van der Waals surface area contributed by atoms with Crippen LogP contribution in [0.1, 0.15) is 18.5 Å². The average Bonchev–Trinajstić information content (AvgIpc) is 2.68. The van der Waals surface area contributed by atoms with E-state index in [0.29, 0.717) is 17.6 Å². The highest BCUT2D eigenvalue weighted by Gasteiger charge is 2.31. The first-order valence-electron chi connectivity index (χ1n) is 8.69. The molecule has 0 bridgehead atoms. The molecule has 0 saturated carbocycles. The van der Waals surface area contributed by atoms with Gasteiger partial charge in [0.25, 0.3) is 0 Å². The molecule has 0 radical (unpaired) electrons. The molecular weight excluding hydrogens is 468 g/mol. The van der Waals surface area contributed by atoms with Crippen LogP contribution in [0.4, 0.5) is 4.79 Å². The van der Waals surface area contributed by atoms with Gasteiger partial charge in [-0.2, -0.15) is 4.31 Å². The zero-order valence-electron chi connectivity index (χ0n) is 15.2. The van der Waals surface area contributed by atoms with Crippen molar-refractivity contribution in [3.8, 4) is 0 Å². The van der Waals surface area contributed by atoms with Crippen LogP contribution in [0.3, 0.4) is 0 Å². The van der Waals surface area contributed by atoms with Gasteiger partial charge in [-0.15, -0.1) is 0 Å².